The third-order valence-corrected chi connectivity index (χ3v) is 10.3. The fourth-order valence-electron chi connectivity index (χ4n) is 3.55. The van der Waals surface area contributed by atoms with Gasteiger partial charge in [-0.25, -0.2) is 0 Å². The lowest BCUT2D eigenvalue weighted by molar-refractivity contribution is -0.440. The molecule has 0 aliphatic carbocycles. The molecule has 0 radical (unpaired) electrons. The number of rotatable bonds is 19. The van der Waals surface area contributed by atoms with Gasteiger partial charge in [-0.3, -0.25) is 9.59 Å². The van der Waals surface area contributed by atoms with E-state index in [1.807, 2.05) is 13.1 Å². The molecule has 0 heterocycles. The fourth-order valence-corrected chi connectivity index (χ4v) is 5.79. The van der Waals surface area contributed by atoms with Gasteiger partial charge in [0.1, 0.15) is 10.6 Å². The van der Waals surface area contributed by atoms with Crippen molar-refractivity contribution >= 4 is 36.0 Å². The first-order valence-electron chi connectivity index (χ1n) is 12.7. The zero-order valence-corrected chi connectivity index (χ0v) is 26.9. The third-order valence-electron chi connectivity index (χ3n) is 6.93. The average molecular weight is 759 g/mol. The summed E-state index contributed by atoms with van der Waals surface area (Å²) in [6.07, 6.45) is -1.85. The lowest BCUT2D eigenvalue weighted by Crippen LogP contribution is -2.72. The van der Waals surface area contributed by atoms with Gasteiger partial charge < -0.3 is 9.16 Å². The second-order valence-electron chi connectivity index (χ2n) is 11.5. The van der Waals surface area contributed by atoms with Crippen LogP contribution in [0.4, 0.5) is 61.5 Å². The maximum atomic E-state index is 14.0. The quantitative estimate of drug-likeness (QED) is 0.0434. The number of esters is 1. The predicted octanol–water partition coefficient (Wildman–Crippen LogP) is 9.16. The molecule has 4 nitrogen and oxygen atoms in total. The highest BCUT2D eigenvalue weighted by atomic mass is 79.9. The molecule has 20 heteroatoms. The van der Waals surface area contributed by atoms with Crippen LogP contribution in [0.15, 0.2) is 0 Å². The molecular formula is C24H33BrF14O4Si. The molecule has 0 aliphatic heterocycles. The van der Waals surface area contributed by atoms with Gasteiger partial charge in [0.05, 0.1) is 13.0 Å². The fraction of sp³-hybridized carbons (Fsp3) is 0.917. The van der Waals surface area contributed by atoms with Crippen molar-refractivity contribution < 1.29 is 80.2 Å². The van der Waals surface area contributed by atoms with Gasteiger partial charge in [-0.15, -0.1) is 0 Å². The Hall–Kier alpha value is -1.18. The molecule has 0 saturated heterocycles. The monoisotopic (exact) mass is 758 g/mol. The summed E-state index contributed by atoms with van der Waals surface area (Å²) in [6.45, 7) is 3.74. The van der Waals surface area contributed by atoms with Crippen molar-refractivity contribution in [2.24, 2.45) is 5.41 Å². The Morgan fingerprint density at radius 3 is 1.59 bits per heavy atom. The average Bonchev–Trinajstić information content (AvgIpc) is 2.84. The zero-order chi connectivity index (χ0) is 35.6. The van der Waals surface area contributed by atoms with Crippen LogP contribution in [-0.2, 0) is 18.8 Å². The van der Waals surface area contributed by atoms with E-state index in [-0.39, 0.29) is 18.6 Å². The number of Topliss-reactive ketones (excluding diaryl/α,β-unsaturated/α-hetero) is 1. The van der Waals surface area contributed by atoms with Crippen molar-refractivity contribution in [1.82, 2.24) is 0 Å². The van der Waals surface area contributed by atoms with Crippen LogP contribution in [0.25, 0.3) is 0 Å². The molecule has 0 aliphatic rings. The van der Waals surface area contributed by atoms with Crippen LogP contribution < -0.4 is 0 Å². The van der Waals surface area contributed by atoms with Crippen LogP contribution >= 0.6 is 15.9 Å². The van der Waals surface area contributed by atoms with Gasteiger partial charge in [0.25, 0.3) is 0 Å². The molecular weight excluding hydrogens is 726 g/mol. The Morgan fingerprint density at radius 1 is 0.727 bits per heavy atom. The van der Waals surface area contributed by atoms with Crippen LogP contribution in [0.3, 0.4) is 0 Å². The summed E-state index contributed by atoms with van der Waals surface area (Å²) in [6, 6.07) is 0.751. The number of unbranched alkanes of at least 4 members (excludes halogenated alkanes) is 1. The number of halogens is 15. The molecule has 0 aromatic carbocycles. The minimum atomic E-state index is -8.15. The number of hydrogen-bond acceptors (Lipinski definition) is 4. The van der Waals surface area contributed by atoms with E-state index in [4.69, 9.17) is 4.43 Å². The second kappa shape index (κ2) is 13.9. The lowest BCUT2D eigenvalue weighted by atomic mass is 9.81. The summed E-state index contributed by atoms with van der Waals surface area (Å²) in [5, 5.41) is 0. The highest BCUT2D eigenvalue weighted by Crippen LogP contribution is 2.62. The number of hydrogen-bond donors (Lipinski definition) is 0. The largest absolute Gasteiger partial charge is 0.465 e. The van der Waals surface area contributed by atoms with Gasteiger partial charge >= 0.3 is 47.4 Å². The number of carbonyl (C=O) groups is 2. The van der Waals surface area contributed by atoms with Gasteiger partial charge in [-0.1, -0.05) is 36.2 Å². The molecule has 0 fully saturated rings. The Balaban J connectivity index is 5.49. The van der Waals surface area contributed by atoms with Crippen LogP contribution in [0.2, 0.25) is 19.1 Å². The first kappa shape index (κ1) is 42.8. The number of ether oxygens (including phenoxy) is 1. The predicted molar refractivity (Wildman–Crippen MR) is 135 cm³/mol. The van der Waals surface area contributed by atoms with Crippen molar-refractivity contribution in [1.29, 1.82) is 0 Å². The van der Waals surface area contributed by atoms with Gasteiger partial charge in [-0.05, 0) is 32.0 Å². The molecule has 0 spiro atoms. The summed E-state index contributed by atoms with van der Waals surface area (Å²) in [5.74, 6) is -53.5. The zero-order valence-electron chi connectivity index (χ0n) is 24.3. The first-order chi connectivity index (χ1) is 19.2. The SMILES string of the molecule is CO[Si](C)(C)CCCCC(=O)C(C)(C)CC(Br)C(=O)OCCC(F)(F)C(F)(F)C(F)(F)C(F)(F)C(F)(F)C(F)(F)C(C)(F)F. The molecule has 0 rings (SSSR count). The highest BCUT2D eigenvalue weighted by molar-refractivity contribution is 9.10. The first-order valence-corrected chi connectivity index (χ1v) is 16.8. The van der Waals surface area contributed by atoms with Gasteiger partial charge in [0.2, 0.25) is 0 Å². The molecule has 0 bridgehead atoms. The van der Waals surface area contributed by atoms with Gasteiger partial charge in [-0.2, -0.15) is 61.5 Å². The molecule has 262 valence electrons. The molecule has 1 unspecified atom stereocenters. The molecule has 0 aromatic heterocycles. The van der Waals surface area contributed by atoms with Crippen molar-refractivity contribution in [2.75, 3.05) is 13.7 Å². The highest BCUT2D eigenvalue weighted by Gasteiger charge is 2.92. The molecule has 44 heavy (non-hydrogen) atoms. The topological polar surface area (TPSA) is 52.6 Å². The molecule has 0 N–H and O–H groups in total. The molecule has 1 atom stereocenters. The van der Waals surface area contributed by atoms with E-state index >= 15 is 0 Å². The summed E-state index contributed by atoms with van der Waals surface area (Å²) in [5.41, 5.74) is -1.23. The van der Waals surface area contributed by atoms with Crippen LogP contribution in [0, 0.1) is 5.41 Å². The summed E-state index contributed by atoms with van der Waals surface area (Å²) >= 11 is 2.79. The van der Waals surface area contributed by atoms with Crippen molar-refractivity contribution in [3.8, 4) is 0 Å². The second-order valence-corrected chi connectivity index (χ2v) is 17.1. The number of alkyl halides is 15. The maximum absolute atomic E-state index is 14.0. The molecule has 0 aromatic rings. The van der Waals surface area contributed by atoms with E-state index in [2.05, 4.69) is 20.7 Å². The Kier molecular flexibility index (Phi) is 13.5. The van der Waals surface area contributed by atoms with Gasteiger partial charge in [0, 0.05) is 25.9 Å². The van der Waals surface area contributed by atoms with E-state index in [1.165, 1.54) is 13.8 Å². The van der Waals surface area contributed by atoms with E-state index in [1.54, 1.807) is 7.11 Å². The van der Waals surface area contributed by atoms with Crippen LogP contribution in [0.5, 0.6) is 0 Å². The maximum Gasteiger partial charge on any atom is 0.384 e. The summed E-state index contributed by atoms with van der Waals surface area (Å²) in [4.78, 5) is 23.3. The van der Waals surface area contributed by atoms with Crippen molar-refractivity contribution in [3.63, 3.8) is 0 Å². The Bertz CT molecular complexity index is 1000. The minimum Gasteiger partial charge on any atom is -0.465 e. The summed E-state index contributed by atoms with van der Waals surface area (Å²) < 4.78 is 200. The van der Waals surface area contributed by atoms with Crippen LogP contribution in [-0.4, -0.2) is 80.1 Å². The molecule has 0 saturated carbocycles. The third kappa shape index (κ3) is 8.79. The standard InChI is InChI=1S/C24H33BrF14O4Si/c1-17(2,15(40)9-7-8-12-44(5,6)42-4)13-14(25)16(41)43-11-10-19(28,29)21(32,33)23(36,37)24(38,39)22(34,35)20(30,31)18(3,26)27/h14H,7-13H2,1-6H3. The lowest BCUT2D eigenvalue weighted by Gasteiger charge is -2.42. The van der Waals surface area contributed by atoms with E-state index in [9.17, 15) is 71.1 Å². The van der Waals surface area contributed by atoms with Gasteiger partial charge in [0.15, 0.2) is 8.32 Å². The normalized spacial score (nSPS) is 15.8. The minimum absolute atomic E-state index is 0.0803. The van der Waals surface area contributed by atoms with Crippen molar-refractivity contribution in [3.05, 3.63) is 0 Å². The number of carbonyl (C=O) groups excluding carboxylic acids is 2. The number of ketones is 1. The van der Waals surface area contributed by atoms with Crippen molar-refractivity contribution in [2.45, 2.75) is 118 Å². The van der Waals surface area contributed by atoms with E-state index in [0.717, 1.165) is 6.04 Å². The van der Waals surface area contributed by atoms with E-state index in [0.29, 0.717) is 12.8 Å². The van der Waals surface area contributed by atoms with E-state index < -0.39 is 85.9 Å². The molecule has 0 amide bonds. The Labute approximate surface area is 253 Å². The van der Waals surface area contributed by atoms with Crippen LogP contribution in [0.1, 0.15) is 52.9 Å². The summed E-state index contributed by atoms with van der Waals surface area (Å²) in [7, 11) is -0.297. The Morgan fingerprint density at radius 2 is 1.16 bits per heavy atom. The smallest absolute Gasteiger partial charge is 0.384 e.